The second kappa shape index (κ2) is 5.90. The lowest BCUT2D eigenvalue weighted by Crippen LogP contribution is -2.24. The van der Waals surface area contributed by atoms with Gasteiger partial charge in [0.15, 0.2) is 5.82 Å². The van der Waals surface area contributed by atoms with Crippen molar-refractivity contribution in [3.63, 3.8) is 0 Å². The lowest BCUT2D eigenvalue weighted by Gasteiger charge is -2.09. The summed E-state index contributed by atoms with van der Waals surface area (Å²) < 4.78 is 40.4. The molecule has 0 aliphatic heterocycles. The van der Waals surface area contributed by atoms with E-state index in [1.54, 1.807) is 24.3 Å². The molecule has 106 valence electrons. The highest BCUT2D eigenvalue weighted by Gasteiger charge is 2.21. The summed E-state index contributed by atoms with van der Waals surface area (Å²) in [6, 6.07) is 11.4. The number of anilines is 1. The Labute approximate surface area is 125 Å². The maximum absolute atomic E-state index is 13.9. The number of nitrogen functional groups attached to an aromatic ring is 1. The van der Waals surface area contributed by atoms with Gasteiger partial charge in [-0.1, -0.05) is 30.3 Å². The van der Waals surface area contributed by atoms with E-state index < -0.39 is 20.7 Å². The number of rotatable bonds is 4. The Morgan fingerprint density at radius 2 is 1.85 bits per heavy atom. The molecule has 7 heteroatoms. The monoisotopic (exact) mass is 358 g/mol. The second-order valence-corrected chi connectivity index (χ2v) is 6.71. The highest BCUT2D eigenvalue weighted by molar-refractivity contribution is 9.10. The largest absolute Gasteiger partial charge is 0.399 e. The number of hydrogen-bond acceptors (Lipinski definition) is 3. The first-order valence-corrected chi connectivity index (χ1v) is 7.96. The number of sulfonamides is 1. The molecule has 0 radical (unpaired) electrons. The molecule has 20 heavy (non-hydrogen) atoms. The van der Waals surface area contributed by atoms with Crippen molar-refractivity contribution in [1.82, 2.24) is 4.72 Å². The molecular formula is C13H12BrFN2O2S. The average molecular weight is 359 g/mol. The van der Waals surface area contributed by atoms with Crippen molar-refractivity contribution in [2.24, 2.45) is 0 Å². The van der Waals surface area contributed by atoms with Crippen LogP contribution in [0.25, 0.3) is 0 Å². The third-order valence-corrected chi connectivity index (χ3v) is 4.59. The van der Waals surface area contributed by atoms with Crippen LogP contribution >= 0.6 is 15.9 Å². The van der Waals surface area contributed by atoms with E-state index in [-0.39, 0.29) is 16.7 Å². The normalized spacial score (nSPS) is 11.5. The van der Waals surface area contributed by atoms with Gasteiger partial charge in [-0.2, -0.15) is 0 Å². The van der Waals surface area contributed by atoms with Crippen molar-refractivity contribution in [3.8, 4) is 0 Å². The van der Waals surface area contributed by atoms with Crippen molar-refractivity contribution in [1.29, 1.82) is 0 Å². The Bertz CT molecular complexity index is 721. The molecule has 2 aromatic rings. The lowest BCUT2D eigenvalue weighted by molar-refractivity contribution is 0.554. The molecule has 0 spiro atoms. The molecule has 2 rings (SSSR count). The smallest absolute Gasteiger partial charge is 0.243 e. The van der Waals surface area contributed by atoms with E-state index in [9.17, 15) is 12.8 Å². The minimum Gasteiger partial charge on any atom is -0.399 e. The molecule has 0 aliphatic rings. The Morgan fingerprint density at radius 3 is 2.50 bits per heavy atom. The summed E-state index contributed by atoms with van der Waals surface area (Å²) in [5, 5.41) is 0. The van der Waals surface area contributed by atoms with Crippen LogP contribution in [0.5, 0.6) is 0 Å². The predicted molar refractivity (Wildman–Crippen MR) is 79.0 cm³/mol. The summed E-state index contributed by atoms with van der Waals surface area (Å²) >= 11 is 2.94. The molecule has 0 unspecified atom stereocenters. The van der Waals surface area contributed by atoms with Crippen molar-refractivity contribution in [2.75, 3.05) is 5.73 Å². The van der Waals surface area contributed by atoms with Crippen molar-refractivity contribution < 1.29 is 12.8 Å². The van der Waals surface area contributed by atoms with Crippen LogP contribution in [0.4, 0.5) is 10.1 Å². The minimum atomic E-state index is -3.97. The fourth-order valence-corrected chi connectivity index (χ4v) is 3.39. The molecule has 0 atom stereocenters. The number of nitrogens with one attached hydrogen (secondary N) is 1. The summed E-state index contributed by atoms with van der Waals surface area (Å²) in [7, 11) is -3.97. The van der Waals surface area contributed by atoms with Crippen LogP contribution in [0.3, 0.4) is 0 Å². The third-order valence-electron chi connectivity index (χ3n) is 2.62. The van der Waals surface area contributed by atoms with Crippen LogP contribution in [0, 0.1) is 5.82 Å². The first-order valence-electron chi connectivity index (χ1n) is 5.68. The first-order chi connectivity index (χ1) is 9.40. The standard InChI is InChI=1S/C13H12BrFN2O2S/c14-11-6-10(16)7-12(13(11)15)20(18,19)17-8-9-4-2-1-3-5-9/h1-7,17H,8,16H2. The van der Waals surface area contributed by atoms with Gasteiger partial charge in [-0.25, -0.2) is 17.5 Å². The predicted octanol–water partition coefficient (Wildman–Crippen LogP) is 2.65. The molecule has 0 heterocycles. The maximum Gasteiger partial charge on any atom is 0.243 e. The van der Waals surface area contributed by atoms with Gasteiger partial charge in [0.05, 0.1) is 4.47 Å². The molecule has 0 saturated heterocycles. The Morgan fingerprint density at radius 1 is 1.20 bits per heavy atom. The van der Waals surface area contributed by atoms with Crippen LogP contribution in [0.1, 0.15) is 5.56 Å². The fourth-order valence-electron chi connectivity index (χ4n) is 1.63. The second-order valence-electron chi connectivity index (χ2n) is 4.12. The van der Waals surface area contributed by atoms with E-state index in [1.165, 1.54) is 6.07 Å². The Balaban J connectivity index is 2.27. The number of hydrogen-bond donors (Lipinski definition) is 2. The van der Waals surface area contributed by atoms with E-state index in [0.29, 0.717) is 0 Å². The lowest BCUT2D eigenvalue weighted by atomic mass is 10.2. The molecule has 0 aliphatic carbocycles. The van der Waals surface area contributed by atoms with Crippen LogP contribution in [0.15, 0.2) is 51.8 Å². The van der Waals surface area contributed by atoms with Gasteiger partial charge in [-0.15, -0.1) is 0 Å². The molecule has 0 aromatic heterocycles. The zero-order valence-corrected chi connectivity index (χ0v) is 12.7. The summed E-state index contributed by atoms with van der Waals surface area (Å²) in [5.74, 6) is -0.861. The molecule has 4 nitrogen and oxygen atoms in total. The van der Waals surface area contributed by atoms with Gasteiger partial charge in [0.2, 0.25) is 10.0 Å². The molecule has 0 saturated carbocycles. The average Bonchev–Trinajstić information content (AvgIpc) is 2.42. The zero-order chi connectivity index (χ0) is 14.8. The zero-order valence-electron chi connectivity index (χ0n) is 10.3. The van der Waals surface area contributed by atoms with Crippen molar-refractivity contribution in [2.45, 2.75) is 11.4 Å². The quantitative estimate of drug-likeness (QED) is 0.825. The van der Waals surface area contributed by atoms with E-state index in [2.05, 4.69) is 20.7 Å². The summed E-state index contributed by atoms with van der Waals surface area (Å²) in [5.41, 5.74) is 6.49. The van der Waals surface area contributed by atoms with Crippen LogP contribution in [-0.2, 0) is 16.6 Å². The van der Waals surface area contributed by atoms with E-state index >= 15 is 0 Å². The molecule has 0 bridgehead atoms. The van der Waals surface area contributed by atoms with Gasteiger partial charge >= 0.3 is 0 Å². The van der Waals surface area contributed by atoms with E-state index in [0.717, 1.165) is 11.6 Å². The van der Waals surface area contributed by atoms with Gasteiger partial charge in [-0.3, -0.25) is 0 Å². The molecule has 2 aromatic carbocycles. The topological polar surface area (TPSA) is 72.2 Å². The fraction of sp³-hybridized carbons (Fsp3) is 0.0769. The first kappa shape index (κ1) is 15.0. The van der Waals surface area contributed by atoms with Gasteiger partial charge in [0.25, 0.3) is 0 Å². The van der Waals surface area contributed by atoms with Crippen LogP contribution in [0.2, 0.25) is 0 Å². The molecular weight excluding hydrogens is 347 g/mol. The molecule has 0 fully saturated rings. The van der Waals surface area contributed by atoms with Crippen molar-refractivity contribution >= 4 is 31.6 Å². The van der Waals surface area contributed by atoms with Gasteiger partial charge < -0.3 is 5.73 Å². The maximum atomic E-state index is 13.9. The van der Waals surface area contributed by atoms with Gasteiger partial charge in [0.1, 0.15) is 4.90 Å². The third kappa shape index (κ3) is 3.36. The number of halogens is 2. The SMILES string of the molecule is Nc1cc(Br)c(F)c(S(=O)(=O)NCc2ccccc2)c1. The number of benzene rings is 2. The number of nitrogens with two attached hydrogens (primary N) is 1. The Kier molecular flexibility index (Phi) is 4.42. The van der Waals surface area contributed by atoms with Crippen LogP contribution < -0.4 is 10.5 Å². The van der Waals surface area contributed by atoms with Gasteiger partial charge in [0, 0.05) is 12.2 Å². The summed E-state index contributed by atoms with van der Waals surface area (Å²) in [6.07, 6.45) is 0. The van der Waals surface area contributed by atoms with Crippen molar-refractivity contribution in [3.05, 3.63) is 58.3 Å². The highest BCUT2D eigenvalue weighted by Crippen LogP contribution is 2.26. The molecule has 3 N–H and O–H groups in total. The van der Waals surface area contributed by atoms with E-state index in [1.807, 2.05) is 6.07 Å². The Hall–Kier alpha value is -1.44. The highest BCUT2D eigenvalue weighted by atomic mass is 79.9. The van der Waals surface area contributed by atoms with Crippen LogP contribution in [-0.4, -0.2) is 8.42 Å². The van der Waals surface area contributed by atoms with Gasteiger partial charge in [-0.05, 0) is 33.6 Å². The minimum absolute atomic E-state index is 0.0117. The van der Waals surface area contributed by atoms with E-state index in [4.69, 9.17) is 5.73 Å². The summed E-state index contributed by atoms with van der Waals surface area (Å²) in [4.78, 5) is -0.472. The summed E-state index contributed by atoms with van der Waals surface area (Å²) in [6.45, 7) is 0.0784. The molecule has 0 amide bonds.